The van der Waals surface area contributed by atoms with Crippen molar-refractivity contribution in [1.29, 1.82) is 0 Å². The maximum absolute atomic E-state index is 11.1. The Morgan fingerprint density at radius 1 is 1.18 bits per heavy atom. The lowest BCUT2D eigenvalue weighted by Gasteiger charge is -2.02. The summed E-state index contributed by atoms with van der Waals surface area (Å²) in [4.78, 5) is 16.7. The zero-order valence-electron chi connectivity index (χ0n) is 11.8. The van der Waals surface area contributed by atoms with E-state index in [-0.39, 0.29) is 5.97 Å². The Kier molecular flexibility index (Phi) is 2.94. The normalized spacial score (nSPS) is 11.1. The summed E-state index contributed by atoms with van der Waals surface area (Å²) < 4.78 is 8.44. The van der Waals surface area contributed by atoms with Crippen molar-refractivity contribution in [1.82, 2.24) is 9.38 Å². The van der Waals surface area contributed by atoms with Gasteiger partial charge in [0, 0.05) is 18.7 Å². The van der Waals surface area contributed by atoms with Crippen LogP contribution in [-0.2, 0) is 4.79 Å². The van der Waals surface area contributed by atoms with Gasteiger partial charge in [-0.25, -0.2) is 4.98 Å². The van der Waals surface area contributed by atoms with Crippen molar-refractivity contribution in [3.63, 3.8) is 0 Å². The molecule has 0 radical (unpaired) electrons. The topological polar surface area (TPSA) is 43.6 Å². The molecule has 0 amide bonds. The second-order valence-corrected chi connectivity index (χ2v) is 5.98. The molecule has 5 heteroatoms. The van der Waals surface area contributed by atoms with Crippen molar-refractivity contribution in [2.45, 2.75) is 6.92 Å². The molecule has 4 nitrogen and oxygen atoms in total. The summed E-state index contributed by atoms with van der Waals surface area (Å²) in [6, 6.07) is 15.6. The second-order valence-electron chi connectivity index (χ2n) is 4.97. The Morgan fingerprint density at radius 2 is 2.05 bits per heavy atom. The number of hydrogen-bond acceptors (Lipinski definition) is 4. The number of fused-ring (bicyclic) bond motifs is 3. The van der Waals surface area contributed by atoms with E-state index in [2.05, 4.69) is 21.5 Å². The van der Waals surface area contributed by atoms with Crippen LogP contribution in [0.2, 0.25) is 0 Å². The zero-order valence-corrected chi connectivity index (χ0v) is 12.6. The fourth-order valence-corrected chi connectivity index (χ4v) is 3.48. The lowest BCUT2D eigenvalue weighted by atomic mass is 10.1. The SMILES string of the molecule is CC(=O)Oc1cccc(-c2cn3c(n2)sc2ccccc23)c1. The highest BCUT2D eigenvalue weighted by molar-refractivity contribution is 7.23. The van der Waals surface area contributed by atoms with Crippen molar-refractivity contribution in [3.8, 4) is 17.0 Å². The van der Waals surface area contributed by atoms with Gasteiger partial charge in [-0.2, -0.15) is 0 Å². The largest absolute Gasteiger partial charge is 0.427 e. The highest BCUT2D eigenvalue weighted by Gasteiger charge is 2.10. The quantitative estimate of drug-likeness (QED) is 0.413. The Balaban J connectivity index is 1.82. The maximum atomic E-state index is 11.1. The highest BCUT2D eigenvalue weighted by atomic mass is 32.1. The van der Waals surface area contributed by atoms with Gasteiger partial charge in [0.2, 0.25) is 0 Å². The monoisotopic (exact) mass is 308 g/mol. The van der Waals surface area contributed by atoms with Crippen LogP contribution in [0.15, 0.2) is 54.7 Å². The number of imidazole rings is 1. The first-order valence-corrected chi connectivity index (χ1v) is 7.68. The average Bonchev–Trinajstić information content (AvgIpc) is 3.04. The fraction of sp³-hybridized carbons (Fsp3) is 0.0588. The van der Waals surface area contributed by atoms with Crippen LogP contribution in [0.4, 0.5) is 0 Å². The third kappa shape index (κ3) is 2.16. The number of hydrogen-bond donors (Lipinski definition) is 0. The van der Waals surface area contributed by atoms with Crippen LogP contribution in [0.5, 0.6) is 5.75 Å². The third-order valence-electron chi connectivity index (χ3n) is 3.39. The van der Waals surface area contributed by atoms with Gasteiger partial charge in [-0.3, -0.25) is 9.20 Å². The molecule has 0 aliphatic rings. The summed E-state index contributed by atoms with van der Waals surface area (Å²) in [7, 11) is 0. The minimum atomic E-state index is -0.325. The van der Waals surface area contributed by atoms with Gasteiger partial charge in [-0.15, -0.1) is 0 Å². The molecular formula is C17H12N2O2S. The van der Waals surface area contributed by atoms with Gasteiger partial charge in [0.15, 0.2) is 4.96 Å². The van der Waals surface area contributed by atoms with Gasteiger partial charge in [-0.1, -0.05) is 35.6 Å². The second kappa shape index (κ2) is 4.96. The molecule has 0 atom stereocenters. The smallest absolute Gasteiger partial charge is 0.308 e. The molecule has 108 valence electrons. The lowest BCUT2D eigenvalue weighted by molar-refractivity contribution is -0.131. The van der Waals surface area contributed by atoms with E-state index in [0.29, 0.717) is 5.75 Å². The molecule has 0 saturated carbocycles. The van der Waals surface area contributed by atoms with Crippen LogP contribution in [-0.4, -0.2) is 15.4 Å². The van der Waals surface area contributed by atoms with Gasteiger partial charge in [0.25, 0.3) is 0 Å². The van der Waals surface area contributed by atoms with E-state index < -0.39 is 0 Å². The van der Waals surface area contributed by atoms with Crippen LogP contribution in [0.1, 0.15) is 6.92 Å². The first kappa shape index (κ1) is 13.0. The Labute approximate surface area is 130 Å². The number of para-hydroxylation sites is 1. The maximum Gasteiger partial charge on any atom is 0.308 e. The van der Waals surface area contributed by atoms with Gasteiger partial charge in [0.05, 0.1) is 15.9 Å². The molecule has 0 saturated heterocycles. The van der Waals surface area contributed by atoms with E-state index in [1.54, 1.807) is 17.4 Å². The van der Waals surface area contributed by atoms with Gasteiger partial charge < -0.3 is 4.74 Å². The standard InChI is InChI=1S/C17H12N2O2S/c1-11(20)21-13-6-4-5-12(9-13)14-10-19-15-7-2-3-8-16(15)22-17(19)18-14/h2-10H,1H3. The summed E-state index contributed by atoms with van der Waals surface area (Å²) >= 11 is 1.66. The number of carbonyl (C=O) groups is 1. The Morgan fingerprint density at radius 3 is 2.91 bits per heavy atom. The summed E-state index contributed by atoms with van der Waals surface area (Å²) in [5.74, 6) is 0.209. The van der Waals surface area contributed by atoms with Crippen LogP contribution in [0.3, 0.4) is 0 Å². The molecule has 0 aliphatic carbocycles. The van der Waals surface area contributed by atoms with Gasteiger partial charge in [0.1, 0.15) is 5.75 Å². The number of aromatic nitrogens is 2. The van der Waals surface area contributed by atoms with Crippen LogP contribution >= 0.6 is 11.3 Å². The highest BCUT2D eigenvalue weighted by Crippen LogP contribution is 2.30. The number of ether oxygens (including phenoxy) is 1. The van der Waals surface area contributed by atoms with Crippen molar-refractivity contribution in [3.05, 3.63) is 54.7 Å². The fourth-order valence-electron chi connectivity index (χ4n) is 2.47. The van der Waals surface area contributed by atoms with Gasteiger partial charge in [-0.05, 0) is 24.3 Å². The molecule has 0 unspecified atom stereocenters. The molecule has 2 heterocycles. The van der Waals surface area contributed by atoms with Crippen LogP contribution in [0.25, 0.3) is 26.4 Å². The summed E-state index contributed by atoms with van der Waals surface area (Å²) in [6.07, 6.45) is 2.01. The van der Waals surface area contributed by atoms with Crippen LogP contribution in [0, 0.1) is 0 Å². The number of thiazole rings is 1. The molecule has 2 aromatic carbocycles. The van der Waals surface area contributed by atoms with Crippen molar-refractivity contribution >= 4 is 32.5 Å². The van der Waals surface area contributed by atoms with Crippen molar-refractivity contribution in [2.24, 2.45) is 0 Å². The Hall–Kier alpha value is -2.66. The third-order valence-corrected chi connectivity index (χ3v) is 4.43. The van der Waals surface area contributed by atoms with E-state index in [0.717, 1.165) is 21.7 Å². The predicted molar refractivity (Wildman–Crippen MR) is 87.3 cm³/mol. The Bertz CT molecular complexity index is 1000. The molecule has 2 aromatic heterocycles. The molecule has 0 bridgehead atoms. The molecular weight excluding hydrogens is 296 g/mol. The van der Waals surface area contributed by atoms with E-state index in [9.17, 15) is 4.79 Å². The summed E-state index contributed by atoms with van der Waals surface area (Å²) in [5, 5.41) is 0. The molecule has 4 aromatic rings. The van der Waals surface area contributed by atoms with Gasteiger partial charge >= 0.3 is 5.97 Å². The van der Waals surface area contributed by atoms with Crippen molar-refractivity contribution in [2.75, 3.05) is 0 Å². The average molecular weight is 308 g/mol. The van der Waals surface area contributed by atoms with Crippen LogP contribution < -0.4 is 4.74 Å². The number of esters is 1. The van der Waals surface area contributed by atoms with E-state index in [1.807, 2.05) is 36.5 Å². The number of rotatable bonds is 2. The zero-order chi connectivity index (χ0) is 15.1. The van der Waals surface area contributed by atoms with E-state index in [4.69, 9.17) is 4.74 Å². The van der Waals surface area contributed by atoms with Crippen molar-refractivity contribution < 1.29 is 9.53 Å². The first-order chi connectivity index (χ1) is 10.7. The summed E-state index contributed by atoms with van der Waals surface area (Å²) in [5.41, 5.74) is 2.95. The molecule has 0 N–H and O–H groups in total. The molecule has 4 rings (SSSR count). The molecule has 22 heavy (non-hydrogen) atoms. The molecule has 0 spiro atoms. The van der Waals surface area contributed by atoms with E-state index in [1.165, 1.54) is 11.6 Å². The minimum absolute atomic E-state index is 0.325. The predicted octanol–water partition coefficient (Wildman–Crippen LogP) is 4.14. The summed E-state index contributed by atoms with van der Waals surface area (Å²) in [6.45, 7) is 1.39. The lowest BCUT2D eigenvalue weighted by Crippen LogP contribution is -2.01. The molecule has 0 aliphatic heterocycles. The van der Waals surface area contributed by atoms with E-state index >= 15 is 0 Å². The first-order valence-electron chi connectivity index (χ1n) is 6.86. The minimum Gasteiger partial charge on any atom is -0.427 e. The number of benzene rings is 2. The number of nitrogens with zero attached hydrogens (tertiary/aromatic N) is 2. The number of carbonyl (C=O) groups excluding carboxylic acids is 1. The molecule has 0 fully saturated rings.